The van der Waals surface area contributed by atoms with Gasteiger partial charge >= 0.3 is 0 Å². The van der Waals surface area contributed by atoms with Crippen LogP contribution in [0.3, 0.4) is 0 Å². The molecule has 1 N–H and O–H groups in total. The number of anilines is 1. The maximum atomic E-state index is 12.7. The molecule has 1 aliphatic carbocycles. The first-order chi connectivity index (χ1) is 18.2. The van der Waals surface area contributed by atoms with Gasteiger partial charge < -0.3 is 10.2 Å². The Labute approximate surface area is 216 Å². The van der Waals surface area contributed by atoms with Crippen LogP contribution in [-0.2, 0) is 11.2 Å². The average Bonchev–Trinajstić information content (AvgIpc) is 3.73. The van der Waals surface area contributed by atoms with E-state index >= 15 is 0 Å². The second-order valence-corrected chi connectivity index (χ2v) is 9.94. The molecular formula is C29H29N7O. The number of nitrogens with one attached hydrogen (secondary N) is 1. The van der Waals surface area contributed by atoms with Crippen molar-refractivity contribution >= 4 is 22.6 Å². The van der Waals surface area contributed by atoms with E-state index in [1.165, 1.54) is 0 Å². The molecule has 0 spiro atoms. The summed E-state index contributed by atoms with van der Waals surface area (Å²) in [6.07, 6.45) is 8.79. The fourth-order valence-electron chi connectivity index (χ4n) is 5.15. The van der Waals surface area contributed by atoms with Crippen LogP contribution in [0, 0.1) is 17.2 Å². The fourth-order valence-corrected chi connectivity index (χ4v) is 5.15. The highest BCUT2D eigenvalue weighted by molar-refractivity contribution is 5.86. The van der Waals surface area contributed by atoms with Crippen molar-refractivity contribution in [3.63, 3.8) is 0 Å². The van der Waals surface area contributed by atoms with Crippen LogP contribution >= 0.6 is 0 Å². The number of likely N-dealkylation sites (tertiary alicyclic amines) is 1. The van der Waals surface area contributed by atoms with E-state index in [0.717, 1.165) is 66.5 Å². The van der Waals surface area contributed by atoms with Crippen LogP contribution in [0.15, 0.2) is 60.9 Å². The topological polar surface area (TPSA) is 99.7 Å². The normalized spacial score (nSPS) is 17.8. The van der Waals surface area contributed by atoms with Crippen molar-refractivity contribution in [3.05, 3.63) is 66.6 Å². The summed E-state index contributed by atoms with van der Waals surface area (Å²) in [6.45, 7) is 1.51. The average molecular weight is 492 g/mol. The van der Waals surface area contributed by atoms with E-state index < -0.39 is 0 Å². The van der Waals surface area contributed by atoms with Gasteiger partial charge in [0, 0.05) is 36.8 Å². The molecule has 1 aliphatic heterocycles. The zero-order valence-electron chi connectivity index (χ0n) is 20.7. The lowest BCUT2D eigenvalue weighted by Gasteiger charge is -2.25. The summed E-state index contributed by atoms with van der Waals surface area (Å²) < 4.78 is 1.94. The molecule has 8 nitrogen and oxygen atoms in total. The molecular weight excluding hydrogens is 462 g/mol. The maximum Gasteiger partial charge on any atom is 0.225 e. The molecule has 37 heavy (non-hydrogen) atoms. The van der Waals surface area contributed by atoms with Gasteiger partial charge in [-0.2, -0.15) is 10.2 Å². The quantitative estimate of drug-likeness (QED) is 0.418. The molecule has 2 aliphatic rings. The largest absolute Gasteiger partial charge is 0.350 e. The Bertz CT molecular complexity index is 1480. The molecule has 6 rings (SSSR count). The minimum absolute atomic E-state index is 0.0989. The molecule has 1 amide bonds. The highest BCUT2D eigenvalue weighted by Gasteiger charge is 2.34. The molecule has 2 fully saturated rings. The Balaban J connectivity index is 1.31. The molecule has 4 aromatic rings. The summed E-state index contributed by atoms with van der Waals surface area (Å²) in [5.41, 5.74) is 1.72. The van der Waals surface area contributed by atoms with Crippen molar-refractivity contribution in [1.29, 1.82) is 5.26 Å². The van der Waals surface area contributed by atoms with Crippen LogP contribution in [0.4, 0.5) is 5.95 Å². The Hall–Kier alpha value is -4.25. The van der Waals surface area contributed by atoms with Crippen molar-refractivity contribution in [2.45, 2.75) is 44.6 Å². The molecule has 0 unspecified atom stereocenters. The number of rotatable bonds is 6. The lowest BCUT2D eigenvalue weighted by Crippen LogP contribution is -2.40. The maximum absolute atomic E-state index is 12.7. The first-order valence-corrected chi connectivity index (χ1v) is 13.0. The summed E-state index contributed by atoms with van der Waals surface area (Å²) >= 11 is 0. The van der Waals surface area contributed by atoms with Gasteiger partial charge in [-0.05, 0) is 55.0 Å². The molecule has 1 atom stereocenters. The number of nitriles is 1. The van der Waals surface area contributed by atoms with E-state index in [-0.39, 0.29) is 18.4 Å². The summed E-state index contributed by atoms with van der Waals surface area (Å²) in [5, 5.41) is 15.2. The molecule has 3 heterocycles. The molecule has 1 saturated carbocycles. The van der Waals surface area contributed by atoms with Gasteiger partial charge in [0.25, 0.3) is 0 Å². The Morgan fingerprint density at radius 2 is 1.92 bits per heavy atom. The van der Waals surface area contributed by atoms with Gasteiger partial charge in [-0.15, -0.1) is 0 Å². The summed E-state index contributed by atoms with van der Waals surface area (Å²) in [6, 6.07) is 18.7. The number of amides is 1. The molecule has 2 aromatic heterocycles. The van der Waals surface area contributed by atoms with E-state index in [4.69, 9.17) is 4.98 Å². The first kappa shape index (κ1) is 23.2. The van der Waals surface area contributed by atoms with Gasteiger partial charge in [0.15, 0.2) is 0 Å². The smallest absolute Gasteiger partial charge is 0.225 e. The zero-order valence-corrected chi connectivity index (χ0v) is 20.7. The second kappa shape index (κ2) is 10.0. The van der Waals surface area contributed by atoms with Crippen LogP contribution in [0.1, 0.15) is 37.8 Å². The Morgan fingerprint density at radius 1 is 1.05 bits per heavy atom. The van der Waals surface area contributed by atoms with Gasteiger partial charge in [0.2, 0.25) is 11.9 Å². The summed E-state index contributed by atoms with van der Waals surface area (Å²) in [4.78, 5) is 28.7. The Kier molecular flexibility index (Phi) is 6.27. The van der Waals surface area contributed by atoms with Gasteiger partial charge in [-0.1, -0.05) is 36.4 Å². The van der Waals surface area contributed by atoms with Crippen LogP contribution in [0.2, 0.25) is 0 Å². The van der Waals surface area contributed by atoms with Crippen LogP contribution in [0.25, 0.3) is 28.0 Å². The summed E-state index contributed by atoms with van der Waals surface area (Å²) in [5.74, 6) is 2.43. The third kappa shape index (κ3) is 4.90. The molecule has 8 heteroatoms. The van der Waals surface area contributed by atoms with Crippen LogP contribution < -0.4 is 5.32 Å². The summed E-state index contributed by atoms with van der Waals surface area (Å²) in [7, 11) is 0. The lowest BCUT2D eigenvalue weighted by atomic mass is 10.1. The van der Waals surface area contributed by atoms with Gasteiger partial charge in [-0.25, -0.2) is 9.97 Å². The predicted octanol–water partition coefficient (Wildman–Crippen LogP) is 4.75. The van der Waals surface area contributed by atoms with Crippen molar-refractivity contribution in [2.75, 3.05) is 18.4 Å². The molecule has 2 aromatic carbocycles. The number of fused-ring (bicyclic) bond motifs is 1. The van der Waals surface area contributed by atoms with Crippen molar-refractivity contribution in [3.8, 4) is 23.3 Å². The number of benzene rings is 2. The number of carbonyl (C=O) groups excluding carboxylic acids is 1. The lowest BCUT2D eigenvalue weighted by molar-refractivity contribution is -0.132. The van der Waals surface area contributed by atoms with E-state index in [1.807, 2.05) is 27.7 Å². The zero-order chi connectivity index (χ0) is 25.2. The predicted molar refractivity (Wildman–Crippen MR) is 142 cm³/mol. The number of aromatic nitrogens is 4. The minimum atomic E-state index is 0.0989. The highest BCUT2D eigenvalue weighted by atomic mass is 16.2. The number of imidazole rings is 1. The van der Waals surface area contributed by atoms with Crippen molar-refractivity contribution in [2.24, 2.45) is 5.92 Å². The van der Waals surface area contributed by atoms with Gasteiger partial charge in [0.1, 0.15) is 11.6 Å². The molecule has 0 bridgehead atoms. The third-order valence-corrected chi connectivity index (χ3v) is 7.22. The van der Waals surface area contributed by atoms with E-state index in [1.54, 1.807) is 12.4 Å². The van der Waals surface area contributed by atoms with Crippen LogP contribution in [-0.4, -0.2) is 49.5 Å². The number of hydrogen-bond donors (Lipinski definition) is 1. The van der Waals surface area contributed by atoms with E-state index in [0.29, 0.717) is 24.2 Å². The van der Waals surface area contributed by atoms with Crippen LogP contribution in [0.5, 0.6) is 0 Å². The third-order valence-electron chi connectivity index (χ3n) is 7.22. The van der Waals surface area contributed by atoms with Gasteiger partial charge in [-0.3, -0.25) is 9.36 Å². The molecule has 0 radical (unpaired) electrons. The first-order valence-electron chi connectivity index (χ1n) is 13.0. The monoisotopic (exact) mass is 491 g/mol. The second-order valence-electron chi connectivity index (χ2n) is 9.94. The van der Waals surface area contributed by atoms with Crippen molar-refractivity contribution in [1.82, 2.24) is 24.4 Å². The number of nitrogens with zero attached hydrogens (tertiary/aromatic N) is 6. The fraction of sp³-hybridized carbons (Fsp3) is 0.345. The SMILES string of the molecule is N#CCc1cnc(-c2ccc3ccccc3c2)n1-c1ccnc(N[C@H]2CCCCN(C(=O)C3CC3)C2)n1. The standard InChI is InChI=1S/C29H29N7O/c30-14-12-25-18-32-27(23-11-8-20-5-1-2-6-22(20)17-23)36(25)26-13-15-31-29(34-26)33-24-7-3-4-16-35(19-24)28(37)21-9-10-21/h1-2,5-6,8,11,13,15,17-18,21,24H,3-4,7,9-10,12,16,19H2,(H,31,33,34)/t24-/m0/s1. The van der Waals surface area contributed by atoms with E-state index in [9.17, 15) is 10.1 Å². The van der Waals surface area contributed by atoms with E-state index in [2.05, 4.69) is 51.7 Å². The van der Waals surface area contributed by atoms with Gasteiger partial charge in [0.05, 0.1) is 24.4 Å². The highest BCUT2D eigenvalue weighted by Crippen LogP contribution is 2.32. The number of hydrogen-bond acceptors (Lipinski definition) is 6. The minimum Gasteiger partial charge on any atom is -0.350 e. The Morgan fingerprint density at radius 3 is 2.76 bits per heavy atom. The molecule has 1 saturated heterocycles. The van der Waals surface area contributed by atoms with Crippen molar-refractivity contribution < 1.29 is 4.79 Å². The molecule has 186 valence electrons. The number of carbonyl (C=O) groups is 1.